The highest BCUT2D eigenvalue weighted by Crippen LogP contribution is 2.16. The van der Waals surface area contributed by atoms with Gasteiger partial charge in [-0.2, -0.15) is 5.10 Å². The molecule has 5 heteroatoms. The quantitative estimate of drug-likeness (QED) is 0.798. The molecule has 2 aromatic rings. The summed E-state index contributed by atoms with van der Waals surface area (Å²) < 4.78 is 1.23. The minimum absolute atomic E-state index is 0.0487. The molecule has 0 N–H and O–H groups in total. The summed E-state index contributed by atoms with van der Waals surface area (Å²) in [6.07, 6.45) is 0. The molecule has 0 amide bonds. The van der Waals surface area contributed by atoms with E-state index in [1.54, 1.807) is 6.92 Å². The van der Waals surface area contributed by atoms with Crippen LogP contribution >= 0.6 is 11.6 Å². The Hall–Kier alpha value is -1.94. The van der Waals surface area contributed by atoms with Gasteiger partial charge in [0.2, 0.25) is 0 Å². The van der Waals surface area contributed by atoms with E-state index < -0.39 is 10.8 Å². The third kappa shape index (κ3) is 2.33. The second-order valence-corrected chi connectivity index (χ2v) is 4.05. The summed E-state index contributed by atoms with van der Waals surface area (Å²) >= 11 is 5.42. The highest BCUT2D eigenvalue weighted by Gasteiger charge is 2.13. The van der Waals surface area contributed by atoms with Gasteiger partial charge in [-0.15, -0.1) is 0 Å². The summed E-state index contributed by atoms with van der Waals surface area (Å²) in [7, 11) is 0. The number of aromatic nitrogens is 2. The van der Waals surface area contributed by atoms with Crippen molar-refractivity contribution in [3.63, 3.8) is 0 Å². The molecular formula is C13H11ClN2O2. The smallest absolute Gasteiger partial charge is 0.275 e. The summed E-state index contributed by atoms with van der Waals surface area (Å²) in [5.74, 6) is 0. The van der Waals surface area contributed by atoms with Crippen molar-refractivity contribution < 1.29 is 4.79 Å². The van der Waals surface area contributed by atoms with E-state index in [0.29, 0.717) is 12.2 Å². The van der Waals surface area contributed by atoms with E-state index in [9.17, 15) is 9.59 Å². The van der Waals surface area contributed by atoms with Crippen molar-refractivity contribution >= 4 is 16.8 Å². The van der Waals surface area contributed by atoms with Gasteiger partial charge in [0.15, 0.2) is 0 Å². The second-order valence-electron chi connectivity index (χ2n) is 3.70. The van der Waals surface area contributed by atoms with Crippen LogP contribution in [0.4, 0.5) is 0 Å². The molecule has 0 aliphatic carbocycles. The first kappa shape index (κ1) is 12.5. The Morgan fingerprint density at radius 2 is 2.00 bits per heavy atom. The van der Waals surface area contributed by atoms with Gasteiger partial charge in [0, 0.05) is 12.1 Å². The Morgan fingerprint density at radius 1 is 1.33 bits per heavy atom. The molecule has 92 valence electrons. The topological polar surface area (TPSA) is 52.0 Å². The van der Waals surface area contributed by atoms with Crippen molar-refractivity contribution in [2.75, 3.05) is 0 Å². The molecule has 2 rings (SSSR count). The molecular weight excluding hydrogens is 252 g/mol. The van der Waals surface area contributed by atoms with Crippen LogP contribution in [-0.2, 0) is 6.54 Å². The maximum atomic E-state index is 11.8. The first-order chi connectivity index (χ1) is 8.63. The van der Waals surface area contributed by atoms with Gasteiger partial charge in [-0.05, 0) is 24.6 Å². The molecule has 0 saturated heterocycles. The summed E-state index contributed by atoms with van der Waals surface area (Å²) in [6, 6.07) is 10.7. The lowest BCUT2D eigenvalue weighted by Gasteiger charge is -2.07. The molecule has 1 aromatic heterocycles. The van der Waals surface area contributed by atoms with E-state index in [-0.39, 0.29) is 5.56 Å². The first-order valence-electron chi connectivity index (χ1n) is 5.51. The average molecular weight is 263 g/mol. The third-order valence-electron chi connectivity index (χ3n) is 2.56. The molecule has 0 bridgehead atoms. The molecule has 1 heterocycles. The van der Waals surface area contributed by atoms with Crippen LogP contribution in [0.1, 0.15) is 17.3 Å². The zero-order chi connectivity index (χ0) is 13.1. The Morgan fingerprint density at radius 3 is 2.56 bits per heavy atom. The Balaban J connectivity index is 2.67. The summed E-state index contributed by atoms with van der Waals surface area (Å²) in [6.45, 7) is 2.17. The number of hydrogen-bond acceptors (Lipinski definition) is 3. The highest BCUT2D eigenvalue weighted by molar-refractivity contribution is 6.67. The van der Waals surface area contributed by atoms with Crippen molar-refractivity contribution in [3.8, 4) is 11.3 Å². The minimum Gasteiger partial charge on any atom is -0.275 e. The monoisotopic (exact) mass is 262 g/mol. The van der Waals surface area contributed by atoms with Crippen molar-refractivity contribution in [1.29, 1.82) is 0 Å². The zero-order valence-electron chi connectivity index (χ0n) is 9.76. The minimum atomic E-state index is -0.762. The van der Waals surface area contributed by atoms with E-state index in [0.717, 1.165) is 5.56 Å². The largest absolute Gasteiger partial charge is 0.278 e. The van der Waals surface area contributed by atoms with Crippen molar-refractivity contribution in [2.45, 2.75) is 13.5 Å². The number of nitrogens with zero attached hydrogens (tertiary/aromatic N) is 2. The van der Waals surface area contributed by atoms with Gasteiger partial charge in [-0.3, -0.25) is 9.59 Å². The fraction of sp³-hybridized carbons (Fsp3) is 0.154. The Kier molecular flexibility index (Phi) is 3.58. The predicted octanol–water partition coefficient (Wildman–Crippen LogP) is 2.31. The third-order valence-corrected chi connectivity index (χ3v) is 2.76. The van der Waals surface area contributed by atoms with Crippen LogP contribution in [0, 0.1) is 0 Å². The fourth-order valence-corrected chi connectivity index (χ4v) is 1.78. The fourth-order valence-electron chi connectivity index (χ4n) is 1.65. The standard InChI is InChI=1S/C13H11ClN2O2/c1-2-16-13(18)10(12(14)17)8-11(15-16)9-6-4-3-5-7-9/h3-8H,2H2,1H3. The normalized spacial score (nSPS) is 10.3. The lowest BCUT2D eigenvalue weighted by molar-refractivity contribution is 0.107. The van der Waals surface area contributed by atoms with Gasteiger partial charge >= 0.3 is 0 Å². The van der Waals surface area contributed by atoms with E-state index in [1.165, 1.54) is 10.7 Å². The van der Waals surface area contributed by atoms with Gasteiger partial charge in [0.1, 0.15) is 5.56 Å². The van der Waals surface area contributed by atoms with E-state index in [2.05, 4.69) is 5.10 Å². The number of halogens is 1. The molecule has 0 saturated carbocycles. The maximum Gasteiger partial charge on any atom is 0.278 e. The van der Waals surface area contributed by atoms with Crippen molar-refractivity contribution in [1.82, 2.24) is 9.78 Å². The summed E-state index contributed by atoms with van der Waals surface area (Å²) in [5.41, 5.74) is 0.879. The number of aryl methyl sites for hydroxylation is 1. The number of carbonyl (C=O) groups is 1. The number of rotatable bonds is 3. The van der Waals surface area contributed by atoms with Crippen LogP contribution in [0.5, 0.6) is 0 Å². The van der Waals surface area contributed by atoms with Crippen LogP contribution in [0.3, 0.4) is 0 Å². The van der Waals surface area contributed by atoms with Crippen LogP contribution in [-0.4, -0.2) is 15.0 Å². The van der Waals surface area contributed by atoms with Gasteiger partial charge in [-0.25, -0.2) is 4.68 Å². The zero-order valence-corrected chi connectivity index (χ0v) is 10.5. The predicted molar refractivity (Wildman–Crippen MR) is 69.8 cm³/mol. The van der Waals surface area contributed by atoms with Crippen LogP contribution in [0.15, 0.2) is 41.2 Å². The van der Waals surface area contributed by atoms with E-state index in [1.807, 2.05) is 30.3 Å². The maximum absolute atomic E-state index is 11.8. The molecule has 0 spiro atoms. The SMILES string of the molecule is CCn1nc(-c2ccccc2)cc(C(=O)Cl)c1=O. The molecule has 0 unspecified atom stereocenters. The lowest BCUT2D eigenvalue weighted by atomic mass is 10.1. The molecule has 4 nitrogen and oxygen atoms in total. The van der Waals surface area contributed by atoms with Crippen LogP contribution in [0.2, 0.25) is 0 Å². The number of benzene rings is 1. The average Bonchev–Trinajstić information content (AvgIpc) is 2.39. The molecule has 0 aliphatic rings. The molecule has 1 aromatic carbocycles. The van der Waals surface area contributed by atoms with Gasteiger partial charge in [-0.1, -0.05) is 30.3 Å². The lowest BCUT2D eigenvalue weighted by Crippen LogP contribution is -2.27. The highest BCUT2D eigenvalue weighted by atomic mass is 35.5. The molecule has 0 radical (unpaired) electrons. The van der Waals surface area contributed by atoms with E-state index in [4.69, 9.17) is 11.6 Å². The van der Waals surface area contributed by atoms with Crippen molar-refractivity contribution in [3.05, 3.63) is 52.3 Å². The van der Waals surface area contributed by atoms with Gasteiger partial charge in [0.25, 0.3) is 10.8 Å². The molecule has 18 heavy (non-hydrogen) atoms. The van der Waals surface area contributed by atoms with Crippen LogP contribution in [0.25, 0.3) is 11.3 Å². The Labute approximate surface area is 109 Å². The van der Waals surface area contributed by atoms with Crippen LogP contribution < -0.4 is 5.56 Å². The first-order valence-corrected chi connectivity index (χ1v) is 5.88. The molecule has 0 fully saturated rings. The van der Waals surface area contributed by atoms with E-state index >= 15 is 0 Å². The number of carbonyl (C=O) groups excluding carboxylic acids is 1. The van der Waals surface area contributed by atoms with Gasteiger partial charge < -0.3 is 0 Å². The second kappa shape index (κ2) is 5.14. The molecule has 0 aliphatic heterocycles. The van der Waals surface area contributed by atoms with Crippen molar-refractivity contribution in [2.24, 2.45) is 0 Å². The molecule has 0 atom stereocenters. The summed E-state index contributed by atoms with van der Waals surface area (Å²) in [4.78, 5) is 23.1. The number of hydrogen-bond donors (Lipinski definition) is 0. The Bertz CT molecular complexity index is 635. The van der Waals surface area contributed by atoms with Gasteiger partial charge in [0.05, 0.1) is 5.69 Å². The summed E-state index contributed by atoms with van der Waals surface area (Å²) in [5, 5.41) is 3.44.